The van der Waals surface area contributed by atoms with E-state index < -0.39 is 0 Å². The molecule has 5 heteroatoms. The molecule has 0 fully saturated rings. The molecule has 0 nitrogen and oxygen atoms in total. The fourth-order valence-electron chi connectivity index (χ4n) is 1.44. The zero-order chi connectivity index (χ0) is 12.6. The molecule has 0 saturated carbocycles. The highest BCUT2D eigenvalue weighted by atomic mass is 79.9. The third-order valence-corrected chi connectivity index (χ3v) is 6.26. The van der Waals surface area contributed by atoms with Gasteiger partial charge in [0, 0.05) is 22.4 Å². The van der Waals surface area contributed by atoms with Crippen molar-refractivity contribution in [3.63, 3.8) is 0 Å². The van der Waals surface area contributed by atoms with Crippen LogP contribution in [0.15, 0.2) is 52.7 Å². The van der Waals surface area contributed by atoms with Crippen molar-refractivity contribution in [2.24, 2.45) is 0 Å². The van der Waals surface area contributed by atoms with Crippen molar-refractivity contribution in [3.8, 4) is 11.1 Å². The SMILES string of the molecule is Brc1cc(Br)cc(-c2cc(Br)c(Br)c(Br)c2)c1. The maximum absolute atomic E-state index is 3.53. The number of rotatable bonds is 1. The van der Waals surface area contributed by atoms with E-state index in [2.05, 4.69) is 104 Å². The first-order valence-corrected chi connectivity index (χ1v) is 8.55. The Morgan fingerprint density at radius 1 is 0.529 bits per heavy atom. The summed E-state index contributed by atoms with van der Waals surface area (Å²) in [4.78, 5) is 0. The standard InChI is InChI=1S/C12H5Br5/c13-8-1-6(2-9(14)5-8)7-3-10(15)12(17)11(16)4-7/h1-5H. The Bertz CT molecular complexity index is 534. The van der Waals surface area contributed by atoms with Crippen molar-refractivity contribution < 1.29 is 0 Å². The van der Waals surface area contributed by atoms with E-state index in [0.29, 0.717) is 0 Å². The fraction of sp³-hybridized carbons (Fsp3) is 0. The molecule has 0 N–H and O–H groups in total. The summed E-state index contributed by atoms with van der Waals surface area (Å²) in [5.74, 6) is 0. The predicted octanol–water partition coefficient (Wildman–Crippen LogP) is 7.17. The molecule has 0 heterocycles. The number of benzene rings is 2. The minimum atomic E-state index is 1.02. The van der Waals surface area contributed by atoms with Crippen LogP contribution < -0.4 is 0 Å². The monoisotopic (exact) mass is 544 g/mol. The van der Waals surface area contributed by atoms with Crippen molar-refractivity contribution in [1.82, 2.24) is 0 Å². The molecule has 2 aromatic rings. The lowest BCUT2D eigenvalue weighted by atomic mass is 10.1. The number of hydrogen-bond acceptors (Lipinski definition) is 0. The van der Waals surface area contributed by atoms with E-state index in [1.54, 1.807) is 0 Å². The van der Waals surface area contributed by atoms with Crippen molar-refractivity contribution in [2.45, 2.75) is 0 Å². The van der Waals surface area contributed by atoms with Gasteiger partial charge in [-0.15, -0.1) is 0 Å². The van der Waals surface area contributed by atoms with Crippen molar-refractivity contribution in [3.05, 3.63) is 52.7 Å². The average Bonchev–Trinajstić information content (AvgIpc) is 2.23. The molecular formula is C12H5Br5. The van der Waals surface area contributed by atoms with Crippen LogP contribution in [0.5, 0.6) is 0 Å². The third-order valence-electron chi connectivity index (χ3n) is 2.18. The van der Waals surface area contributed by atoms with Crippen LogP contribution >= 0.6 is 79.6 Å². The van der Waals surface area contributed by atoms with E-state index >= 15 is 0 Å². The lowest BCUT2D eigenvalue weighted by molar-refractivity contribution is 1.50. The minimum absolute atomic E-state index is 1.02. The first-order chi connectivity index (χ1) is 7.97. The van der Waals surface area contributed by atoms with Crippen molar-refractivity contribution >= 4 is 79.6 Å². The van der Waals surface area contributed by atoms with Crippen LogP contribution in [0.3, 0.4) is 0 Å². The van der Waals surface area contributed by atoms with Crippen LogP contribution in [0.4, 0.5) is 0 Å². The molecule has 0 aliphatic heterocycles. The van der Waals surface area contributed by atoms with Crippen LogP contribution in [0.2, 0.25) is 0 Å². The van der Waals surface area contributed by atoms with Crippen LogP contribution in [0.25, 0.3) is 11.1 Å². The van der Waals surface area contributed by atoms with Crippen LogP contribution in [0, 0.1) is 0 Å². The van der Waals surface area contributed by atoms with Crippen LogP contribution in [-0.4, -0.2) is 0 Å². The summed E-state index contributed by atoms with van der Waals surface area (Å²) in [5, 5.41) is 0. The molecule has 0 bridgehead atoms. The molecule has 88 valence electrons. The maximum Gasteiger partial charge on any atom is 0.0459 e. The molecule has 2 rings (SSSR count). The Balaban J connectivity index is 2.60. The smallest absolute Gasteiger partial charge is 0.0459 e. The van der Waals surface area contributed by atoms with Gasteiger partial charge < -0.3 is 0 Å². The molecule has 0 spiro atoms. The summed E-state index contributed by atoms with van der Waals surface area (Å²) in [6, 6.07) is 10.4. The van der Waals surface area contributed by atoms with E-state index in [1.807, 2.05) is 6.07 Å². The van der Waals surface area contributed by atoms with Gasteiger partial charge in [-0.05, 0) is 89.2 Å². The van der Waals surface area contributed by atoms with Gasteiger partial charge in [0.2, 0.25) is 0 Å². The highest BCUT2D eigenvalue weighted by Crippen LogP contribution is 2.37. The molecule has 0 aliphatic carbocycles. The van der Waals surface area contributed by atoms with Gasteiger partial charge >= 0.3 is 0 Å². The average molecular weight is 549 g/mol. The molecule has 2 aromatic carbocycles. The zero-order valence-electron chi connectivity index (χ0n) is 8.28. The van der Waals surface area contributed by atoms with Gasteiger partial charge in [0.25, 0.3) is 0 Å². The second-order valence-electron chi connectivity index (χ2n) is 3.41. The Hall–Kier alpha value is 0.840. The summed E-state index contributed by atoms with van der Waals surface area (Å²) in [6.45, 7) is 0. The second kappa shape index (κ2) is 5.87. The second-order valence-corrected chi connectivity index (χ2v) is 7.75. The van der Waals surface area contributed by atoms with Crippen LogP contribution in [-0.2, 0) is 0 Å². The van der Waals surface area contributed by atoms with Gasteiger partial charge in [-0.2, -0.15) is 0 Å². The lowest BCUT2D eigenvalue weighted by Crippen LogP contribution is -1.82. The Morgan fingerprint density at radius 2 is 0.941 bits per heavy atom. The van der Waals surface area contributed by atoms with Crippen molar-refractivity contribution in [2.75, 3.05) is 0 Å². The molecular weight excluding hydrogens is 544 g/mol. The predicted molar refractivity (Wildman–Crippen MR) is 90.4 cm³/mol. The minimum Gasteiger partial charge on any atom is -0.0508 e. The van der Waals surface area contributed by atoms with Gasteiger partial charge in [-0.25, -0.2) is 0 Å². The fourth-order valence-corrected chi connectivity index (χ4v) is 4.15. The first kappa shape index (κ1) is 14.3. The highest BCUT2D eigenvalue weighted by Gasteiger charge is 2.07. The zero-order valence-corrected chi connectivity index (χ0v) is 16.2. The summed E-state index contributed by atoms with van der Waals surface area (Å²) in [6.07, 6.45) is 0. The highest BCUT2D eigenvalue weighted by molar-refractivity contribution is 9.14. The molecule has 0 aromatic heterocycles. The Labute approximate surface area is 142 Å². The molecule has 0 amide bonds. The summed E-state index contributed by atoms with van der Waals surface area (Å²) >= 11 is 17.6. The molecule has 0 aliphatic rings. The van der Waals surface area contributed by atoms with E-state index in [-0.39, 0.29) is 0 Å². The van der Waals surface area contributed by atoms with Crippen molar-refractivity contribution in [1.29, 1.82) is 0 Å². The van der Waals surface area contributed by atoms with Gasteiger partial charge in [0.05, 0.1) is 0 Å². The van der Waals surface area contributed by atoms with Gasteiger partial charge in [0.1, 0.15) is 0 Å². The summed E-state index contributed by atoms with van der Waals surface area (Å²) in [5.41, 5.74) is 2.30. The quantitative estimate of drug-likeness (QED) is 0.332. The molecule has 0 radical (unpaired) electrons. The Kier molecular flexibility index (Phi) is 4.92. The normalized spacial score (nSPS) is 10.6. The molecule has 0 saturated heterocycles. The molecule has 0 unspecified atom stereocenters. The van der Waals surface area contributed by atoms with E-state index in [0.717, 1.165) is 33.5 Å². The van der Waals surface area contributed by atoms with Gasteiger partial charge in [-0.3, -0.25) is 0 Å². The first-order valence-electron chi connectivity index (χ1n) is 4.58. The maximum atomic E-state index is 3.53. The number of halogens is 5. The van der Waals surface area contributed by atoms with Gasteiger partial charge in [0.15, 0.2) is 0 Å². The topological polar surface area (TPSA) is 0 Å². The van der Waals surface area contributed by atoms with Gasteiger partial charge in [-0.1, -0.05) is 31.9 Å². The van der Waals surface area contributed by atoms with E-state index in [4.69, 9.17) is 0 Å². The van der Waals surface area contributed by atoms with E-state index in [1.165, 1.54) is 0 Å². The largest absolute Gasteiger partial charge is 0.0508 e. The summed E-state index contributed by atoms with van der Waals surface area (Å²) in [7, 11) is 0. The molecule has 17 heavy (non-hydrogen) atoms. The Morgan fingerprint density at radius 3 is 1.41 bits per heavy atom. The number of hydrogen-bond donors (Lipinski definition) is 0. The summed E-state index contributed by atoms with van der Waals surface area (Å²) < 4.78 is 5.18. The third kappa shape index (κ3) is 3.44. The van der Waals surface area contributed by atoms with E-state index in [9.17, 15) is 0 Å². The van der Waals surface area contributed by atoms with Crippen LogP contribution in [0.1, 0.15) is 0 Å². The molecule has 0 atom stereocenters. The lowest BCUT2D eigenvalue weighted by Gasteiger charge is -2.07.